The second-order valence-corrected chi connectivity index (χ2v) is 5.23. The topological polar surface area (TPSA) is 80.4 Å². The summed E-state index contributed by atoms with van der Waals surface area (Å²) in [5, 5.41) is 20.8. The molecule has 2 aromatic rings. The first-order chi connectivity index (χ1) is 9.82. The SMILES string of the molecule is O=C(O)c1c(-c2cc(Cl)c(Cl)cc2Cl)cccc1[N+](=O)[O-]. The lowest BCUT2D eigenvalue weighted by Crippen LogP contribution is -2.05. The Morgan fingerprint density at radius 2 is 1.67 bits per heavy atom. The number of hydrogen-bond acceptors (Lipinski definition) is 3. The number of halogens is 3. The van der Waals surface area contributed by atoms with Crippen LogP contribution in [0, 0.1) is 10.1 Å². The number of carboxylic acid groups (broad SMARTS) is 1. The van der Waals surface area contributed by atoms with Gasteiger partial charge < -0.3 is 5.11 Å². The zero-order chi connectivity index (χ0) is 15.7. The van der Waals surface area contributed by atoms with Crippen LogP contribution in [0.25, 0.3) is 11.1 Å². The summed E-state index contributed by atoms with van der Waals surface area (Å²) >= 11 is 17.8. The minimum atomic E-state index is -1.43. The molecule has 0 saturated carbocycles. The van der Waals surface area contributed by atoms with Crippen LogP contribution in [-0.2, 0) is 0 Å². The minimum Gasteiger partial charge on any atom is -0.477 e. The van der Waals surface area contributed by atoms with Crippen LogP contribution in [0.3, 0.4) is 0 Å². The van der Waals surface area contributed by atoms with E-state index in [1.165, 1.54) is 24.3 Å². The Kier molecular flexibility index (Phi) is 4.37. The molecule has 5 nitrogen and oxygen atoms in total. The first-order valence-corrected chi connectivity index (χ1v) is 6.62. The standard InChI is InChI=1S/C13H6Cl3NO4/c14-8-5-10(16)9(15)4-7(8)6-2-1-3-11(17(20)21)12(6)13(18)19/h1-5H,(H,18,19). The summed E-state index contributed by atoms with van der Waals surface area (Å²) in [5.74, 6) is -1.43. The van der Waals surface area contributed by atoms with Gasteiger partial charge in [0.05, 0.1) is 20.0 Å². The Labute approximate surface area is 133 Å². The fourth-order valence-electron chi connectivity index (χ4n) is 1.87. The first-order valence-electron chi connectivity index (χ1n) is 5.48. The van der Waals surface area contributed by atoms with Gasteiger partial charge in [-0.2, -0.15) is 0 Å². The second-order valence-electron chi connectivity index (χ2n) is 4.01. The van der Waals surface area contributed by atoms with E-state index in [0.29, 0.717) is 0 Å². The van der Waals surface area contributed by atoms with Crippen molar-refractivity contribution in [3.05, 3.63) is 61.1 Å². The van der Waals surface area contributed by atoms with Crippen molar-refractivity contribution in [1.82, 2.24) is 0 Å². The monoisotopic (exact) mass is 345 g/mol. The van der Waals surface area contributed by atoms with Gasteiger partial charge in [0, 0.05) is 17.2 Å². The molecule has 0 aliphatic carbocycles. The Morgan fingerprint density at radius 1 is 1.05 bits per heavy atom. The molecule has 21 heavy (non-hydrogen) atoms. The molecule has 1 N–H and O–H groups in total. The molecule has 0 unspecified atom stereocenters. The zero-order valence-corrected chi connectivity index (χ0v) is 12.4. The van der Waals surface area contributed by atoms with Crippen molar-refractivity contribution >= 4 is 46.5 Å². The maximum absolute atomic E-state index is 11.4. The number of benzene rings is 2. The van der Waals surface area contributed by atoms with Gasteiger partial charge in [0.1, 0.15) is 5.56 Å². The van der Waals surface area contributed by atoms with Gasteiger partial charge in [-0.15, -0.1) is 0 Å². The summed E-state index contributed by atoms with van der Waals surface area (Å²) in [6.45, 7) is 0. The van der Waals surface area contributed by atoms with Crippen molar-refractivity contribution in [1.29, 1.82) is 0 Å². The number of carbonyl (C=O) groups is 1. The van der Waals surface area contributed by atoms with Crippen LogP contribution in [0.4, 0.5) is 5.69 Å². The first kappa shape index (κ1) is 15.6. The van der Waals surface area contributed by atoms with Gasteiger partial charge in [0.15, 0.2) is 0 Å². The fourth-order valence-corrected chi connectivity index (χ4v) is 2.52. The molecule has 0 aliphatic rings. The normalized spacial score (nSPS) is 10.4. The van der Waals surface area contributed by atoms with Gasteiger partial charge >= 0.3 is 5.97 Å². The van der Waals surface area contributed by atoms with Crippen molar-refractivity contribution in [2.24, 2.45) is 0 Å². The lowest BCUT2D eigenvalue weighted by molar-refractivity contribution is -0.385. The fraction of sp³-hybridized carbons (Fsp3) is 0. The highest BCUT2D eigenvalue weighted by Crippen LogP contribution is 2.38. The third kappa shape index (κ3) is 2.95. The predicted molar refractivity (Wildman–Crippen MR) is 80.5 cm³/mol. The van der Waals surface area contributed by atoms with Crippen molar-refractivity contribution < 1.29 is 14.8 Å². The highest BCUT2D eigenvalue weighted by atomic mass is 35.5. The smallest absolute Gasteiger partial charge is 0.343 e. The van der Waals surface area contributed by atoms with Crippen molar-refractivity contribution in [2.75, 3.05) is 0 Å². The average molecular weight is 347 g/mol. The Morgan fingerprint density at radius 3 is 2.24 bits per heavy atom. The third-order valence-corrected chi connectivity index (χ3v) is 3.79. The molecule has 0 fully saturated rings. The van der Waals surface area contributed by atoms with Crippen LogP contribution >= 0.6 is 34.8 Å². The highest BCUT2D eigenvalue weighted by Gasteiger charge is 2.25. The molecular formula is C13H6Cl3NO4. The molecule has 0 heterocycles. The average Bonchev–Trinajstić information content (AvgIpc) is 2.41. The van der Waals surface area contributed by atoms with Crippen molar-refractivity contribution in [3.63, 3.8) is 0 Å². The number of nitrogens with zero attached hydrogens (tertiary/aromatic N) is 1. The molecule has 2 rings (SSSR count). The number of nitro benzene ring substituents is 1. The van der Waals surface area contributed by atoms with E-state index in [-0.39, 0.29) is 26.2 Å². The summed E-state index contributed by atoms with van der Waals surface area (Å²) in [6.07, 6.45) is 0. The van der Waals surface area contributed by atoms with E-state index in [4.69, 9.17) is 34.8 Å². The number of rotatable bonds is 3. The molecule has 8 heteroatoms. The van der Waals surface area contributed by atoms with Gasteiger partial charge in [-0.25, -0.2) is 4.79 Å². The maximum atomic E-state index is 11.4. The molecular weight excluding hydrogens is 341 g/mol. The Bertz CT molecular complexity index is 761. The summed E-state index contributed by atoms with van der Waals surface area (Å²) in [5.41, 5.74) is -0.627. The minimum absolute atomic E-state index is 0.0975. The zero-order valence-electron chi connectivity index (χ0n) is 10.1. The van der Waals surface area contributed by atoms with E-state index in [0.717, 1.165) is 6.07 Å². The lowest BCUT2D eigenvalue weighted by atomic mass is 9.98. The molecule has 0 radical (unpaired) electrons. The Balaban J connectivity index is 2.81. The summed E-state index contributed by atoms with van der Waals surface area (Å²) in [6, 6.07) is 6.63. The van der Waals surface area contributed by atoms with Crippen LogP contribution in [0.15, 0.2) is 30.3 Å². The summed E-state index contributed by atoms with van der Waals surface area (Å²) < 4.78 is 0. The summed E-state index contributed by atoms with van der Waals surface area (Å²) in [4.78, 5) is 21.6. The van der Waals surface area contributed by atoms with E-state index in [1.807, 2.05) is 0 Å². The number of aromatic carboxylic acids is 1. The highest BCUT2D eigenvalue weighted by molar-refractivity contribution is 6.44. The molecule has 0 spiro atoms. The maximum Gasteiger partial charge on any atom is 0.343 e. The van der Waals surface area contributed by atoms with Gasteiger partial charge in [0.25, 0.3) is 5.69 Å². The van der Waals surface area contributed by atoms with E-state index in [2.05, 4.69) is 0 Å². The molecule has 0 aliphatic heterocycles. The van der Waals surface area contributed by atoms with Gasteiger partial charge in [-0.05, 0) is 12.1 Å². The Hall–Kier alpha value is -1.82. The largest absolute Gasteiger partial charge is 0.477 e. The molecule has 0 saturated heterocycles. The number of nitro groups is 1. The molecule has 0 amide bonds. The van der Waals surface area contributed by atoms with Gasteiger partial charge in [-0.3, -0.25) is 10.1 Å². The quantitative estimate of drug-likeness (QED) is 0.486. The number of carboxylic acids is 1. The van der Waals surface area contributed by atoms with E-state index < -0.39 is 22.1 Å². The van der Waals surface area contributed by atoms with E-state index >= 15 is 0 Å². The van der Waals surface area contributed by atoms with E-state index in [9.17, 15) is 20.0 Å². The number of hydrogen-bond donors (Lipinski definition) is 1. The van der Waals surface area contributed by atoms with Crippen LogP contribution in [0.2, 0.25) is 15.1 Å². The van der Waals surface area contributed by atoms with Crippen LogP contribution in [0.1, 0.15) is 10.4 Å². The van der Waals surface area contributed by atoms with Crippen LogP contribution in [0.5, 0.6) is 0 Å². The lowest BCUT2D eigenvalue weighted by Gasteiger charge is -2.10. The molecule has 2 aromatic carbocycles. The molecule has 108 valence electrons. The molecule has 0 bridgehead atoms. The second kappa shape index (κ2) is 5.89. The van der Waals surface area contributed by atoms with Crippen LogP contribution in [-0.4, -0.2) is 16.0 Å². The third-order valence-electron chi connectivity index (χ3n) is 2.75. The van der Waals surface area contributed by atoms with Crippen molar-refractivity contribution in [2.45, 2.75) is 0 Å². The summed E-state index contributed by atoms with van der Waals surface area (Å²) in [7, 11) is 0. The van der Waals surface area contributed by atoms with Gasteiger partial charge in [0.2, 0.25) is 0 Å². The van der Waals surface area contributed by atoms with Gasteiger partial charge in [-0.1, -0.05) is 46.9 Å². The predicted octanol–water partition coefficient (Wildman–Crippen LogP) is 4.92. The molecule has 0 atom stereocenters. The van der Waals surface area contributed by atoms with Crippen molar-refractivity contribution in [3.8, 4) is 11.1 Å². The molecule has 0 aromatic heterocycles. The van der Waals surface area contributed by atoms with Crippen LogP contribution < -0.4 is 0 Å². The van der Waals surface area contributed by atoms with E-state index in [1.54, 1.807) is 0 Å².